The molecule has 0 amide bonds. The summed E-state index contributed by atoms with van der Waals surface area (Å²) in [6.45, 7) is 2.58. The predicted octanol–water partition coefficient (Wildman–Crippen LogP) is 4.02. The first kappa shape index (κ1) is 22.5. The molecule has 0 bridgehead atoms. The lowest BCUT2D eigenvalue weighted by Gasteiger charge is -2.33. The number of guanidine groups is 1. The van der Waals surface area contributed by atoms with E-state index in [1.54, 1.807) is 53.8 Å². The largest absolute Gasteiger partial charge is 0.363 e. The summed E-state index contributed by atoms with van der Waals surface area (Å²) >= 11 is 1.79. The van der Waals surface area contributed by atoms with E-state index >= 15 is 0 Å². The SMILES string of the molecule is CN=C(NCc1ccc(-n2ccnc2)c(F)c1)NC1CCN(c2cccs2)CC1.I. The minimum atomic E-state index is -0.272. The lowest BCUT2D eigenvalue weighted by molar-refractivity contribution is 0.462. The first-order chi connectivity index (χ1) is 14.2. The minimum Gasteiger partial charge on any atom is -0.363 e. The molecular weight excluding hydrogens is 514 g/mol. The summed E-state index contributed by atoms with van der Waals surface area (Å²) in [5.41, 5.74) is 1.35. The van der Waals surface area contributed by atoms with Crippen molar-refractivity contribution in [3.8, 4) is 5.69 Å². The van der Waals surface area contributed by atoms with Crippen LogP contribution in [-0.4, -0.2) is 41.7 Å². The van der Waals surface area contributed by atoms with E-state index in [9.17, 15) is 4.39 Å². The fourth-order valence-electron chi connectivity index (χ4n) is 3.54. The van der Waals surface area contributed by atoms with Gasteiger partial charge in [-0.2, -0.15) is 0 Å². The second kappa shape index (κ2) is 10.8. The number of halogens is 2. The molecular formula is C21H26FIN6S. The molecule has 9 heteroatoms. The van der Waals surface area contributed by atoms with Gasteiger partial charge in [-0.05, 0) is 48.1 Å². The van der Waals surface area contributed by atoms with E-state index < -0.39 is 0 Å². The average Bonchev–Trinajstić information content (AvgIpc) is 3.46. The van der Waals surface area contributed by atoms with Crippen molar-refractivity contribution in [2.24, 2.45) is 4.99 Å². The Morgan fingerprint density at radius 1 is 1.30 bits per heavy atom. The molecule has 160 valence electrons. The van der Waals surface area contributed by atoms with Gasteiger partial charge in [0.1, 0.15) is 5.82 Å². The second-order valence-corrected chi connectivity index (χ2v) is 7.96. The third kappa shape index (κ3) is 5.51. The number of aromatic nitrogens is 2. The topological polar surface area (TPSA) is 57.5 Å². The molecule has 0 aliphatic carbocycles. The van der Waals surface area contributed by atoms with Crippen molar-refractivity contribution in [3.05, 3.63) is 65.8 Å². The zero-order valence-corrected chi connectivity index (χ0v) is 19.9. The van der Waals surface area contributed by atoms with Gasteiger partial charge in [-0.15, -0.1) is 35.3 Å². The molecule has 1 saturated heterocycles. The van der Waals surface area contributed by atoms with Crippen molar-refractivity contribution in [2.75, 3.05) is 25.0 Å². The van der Waals surface area contributed by atoms with Gasteiger partial charge >= 0.3 is 0 Å². The summed E-state index contributed by atoms with van der Waals surface area (Å²) in [6, 6.07) is 9.90. The summed E-state index contributed by atoms with van der Waals surface area (Å²) in [6.07, 6.45) is 7.08. The number of thiophene rings is 1. The molecule has 4 rings (SSSR count). The zero-order valence-electron chi connectivity index (χ0n) is 16.8. The van der Waals surface area contributed by atoms with Crippen LogP contribution < -0.4 is 15.5 Å². The first-order valence-corrected chi connectivity index (χ1v) is 10.6. The highest BCUT2D eigenvalue weighted by atomic mass is 127. The maximum atomic E-state index is 14.4. The molecule has 6 nitrogen and oxygen atoms in total. The average molecular weight is 540 g/mol. The molecule has 3 aromatic rings. The van der Waals surface area contributed by atoms with Crippen molar-refractivity contribution in [1.29, 1.82) is 0 Å². The van der Waals surface area contributed by atoms with E-state index in [1.807, 2.05) is 6.07 Å². The monoisotopic (exact) mass is 540 g/mol. The normalized spacial score (nSPS) is 15.0. The van der Waals surface area contributed by atoms with Crippen LogP contribution >= 0.6 is 35.3 Å². The van der Waals surface area contributed by atoms with Gasteiger partial charge in [-0.25, -0.2) is 9.37 Å². The Bertz CT molecular complexity index is 937. The smallest absolute Gasteiger partial charge is 0.191 e. The summed E-state index contributed by atoms with van der Waals surface area (Å²) < 4.78 is 16.1. The molecule has 1 aliphatic rings. The fourth-order valence-corrected chi connectivity index (χ4v) is 4.32. The third-order valence-corrected chi connectivity index (χ3v) is 6.06. The van der Waals surface area contributed by atoms with Crippen LogP contribution in [-0.2, 0) is 6.54 Å². The van der Waals surface area contributed by atoms with Crippen molar-refractivity contribution in [3.63, 3.8) is 0 Å². The van der Waals surface area contributed by atoms with Gasteiger partial charge in [0.25, 0.3) is 0 Å². The maximum absolute atomic E-state index is 14.4. The minimum absolute atomic E-state index is 0. The van der Waals surface area contributed by atoms with Crippen molar-refractivity contribution >= 4 is 46.3 Å². The zero-order chi connectivity index (χ0) is 20.1. The Labute approximate surface area is 197 Å². The van der Waals surface area contributed by atoms with Gasteiger partial charge in [0.05, 0.1) is 17.0 Å². The van der Waals surface area contributed by atoms with Gasteiger partial charge < -0.3 is 20.1 Å². The Morgan fingerprint density at radius 2 is 2.13 bits per heavy atom. The first-order valence-electron chi connectivity index (χ1n) is 9.75. The van der Waals surface area contributed by atoms with Crippen molar-refractivity contribution in [1.82, 2.24) is 20.2 Å². The van der Waals surface area contributed by atoms with Crippen LogP contribution in [0.15, 0.2) is 59.4 Å². The molecule has 0 radical (unpaired) electrons. The van der Waals surface area contributed by atoms with Gasteiger partial charge in [0.2, 0.25) is 0 Å². The quantitative estimate of drug-likeness (QED) is 0.292. The molecule has 0 spiro atoms. The number of hydrogen-bond acceptors (Lipinski definition) is 4. The van der Waals surface area contributed by atoms with Gasteiger partial charge in [0.15, 0.2) is 5.96 Å². The molecule has 3 heterocycles. The van der Waals surface area contributed by atoms with E-state index in [0.29, 0.717) is 18.3 Å². The molecule has 2 aromatic heterocycles. The Hall–Kier alpha value is -2.14. The van der Waals surface area contributed by atoms with E-state index in [4.69, 9.17) is 0 Å². The number of anilines is 1. The molecule has 0 unspecified atom stereocenters. The van der Waals surface area contributed by atoms with Crippen LogP contribution in [0.25, 0.3) is 5.69 Å². The standard InChI is InChI=1S/C21H25FN6S.HI/c1-23-21(26-17-6-9-27(10-7-17)20-3-2-12-29-20)25-14-16-4-5-19(18(22)13-16)28-11-8-24-15-28;/h2-5,8,11-13,15,17H,6-7,9-10,14H2,1H3,(H2,23,25,26);1H. The molecule has 1 aromatic carbocycles. The van der Waals surface area contributed by atoms with E-state index in [2.05, 4.69) is 43.0 Å². The van der Waals surface area contributed by atoms with Gasteiger partial charge in [-0.1, -0.05) is 6.07 Å². The van der Waals surface area contributed by atoms with E-state index in [-0.39, 0.29) is 29.8 Å². The second-order valence-electron chi connectivity index (χ2n) is 7.04. The van der Waals surface area contributed by atoms with Crippen LogP contribution in [0.3, 0.4) is 0 Å². The Balaban J connectivity index is 0.00000256. The Kier molecular flexibility index (Phi) is 8.08. The molecule has 1 aliphatic heterocycles. The molecule has 1 fully saturated rings. The number of aliphatic imine (C=N–C) groups is 1. The van der Waals surface area contributed by atoms with Gasteiger partial charge in [0, 0.05) is 45.1 Å². The van der Waals surface area contributed by atoms with Crippen LogP contribution in [0, 0.1) is 5.82 Å². The van der Waals surface area contributed by atoms with E-state index in [1.165, 1.54) is 5.00 Å². The number of hydrogen-bond donors (Lipinski definition) is 2. The summed E-state index contributed by atoms with van der Waals surface area (Å²) in [4.78, 5) is 10.7. The predicted molar refractivity (Wildman–Crippen MR) is 132 cm³/mol. The number of nitrogens with zero attached hydrogens (tertiary/aromatic N) is 4. The maximum Gasteiger partial charge on any atom is 0.191 e. The molecule has 2 N–H and O–H groups in total. The highest BCUT2D eigenvalue weighted by molar-refractivity contribution is 14.0. The number of rotatable bonds is 5. The van der Waals surface area contributed by atoms with Crippen LogP contribution in [0.1, 0.15) is 18.4 Å². The lowest BCUT2D eigenvalue weighted by atomic mass is 10.1. The lowest BCUT2D eigenvalue weighted by Crippen LogP contribution is -2.48. The fraction of sp³-hybridized carbons (Fsp3) is 0.333. The number of imidazole rings is 1. The number of piperidine rings is 1. The molecule has 0 saturated carbocycles. The number of nitrogens with one attached hydrogen (secondary N) is 2. The van der Waals surface area contributed by atoms with E-state index in [0.717, 1.165) is 37.5 Å². The number of benzene rings is 1. The highest BCUT2D eigenvalue weighted by Gasteiger charge is 2.20. The van der Waals surface area contributed by atoms with Crippen molar-refractivity contribution in [2.45, 2.75) is 25.4 Å². The van der Waals surface area contributed by atoms with Crippen LogP contribution in [0.5, 0.6) is 0 Å². The van der Waals surface area contributed by atoms with Crippen LogP contribution in [0.4, 0.5) is 9.39 Å². The third-order valence-electron chi connectivity index (χ3n) is 5.13. The molecule has 30 heavy (non-hydrogen) atoms. The van der Waals surface area contributed by atoms with Gasteiger partial charge in [-0.3, -0.25) is 4.99 Å². The summed E-state index contributed by atoms with van der Waals surface area (Å²) in [5.74, 6) is 0.477. The highest BCUT2D eigenvalue weighted by Crippen LogP contribution is 2.24. The molecule has 0 atom stereocenters. The van der Waals surface area contributed by atoms with Crippen LogP contribution in [0.2, 0.25) is 0 Å². The Morgan fingerprint density at radius 3 is 2.77 bits per heavy atom. The van der Waals surface area contributed by atoms with Crippen molar-refractivity contribution < 1.29 is 4.39 Å². The summed E-state index contributed by atoms with van der Waals surface area (Å²) in [5, 5.41) is 10.3. The summed E-state index contributed by atoms with van der Waals surface area (Å²) in [7, 11) is 1.76.